The number of anilines is 1. The maximum Gasteiger partial charge on any atom is 0.253 e. The van der Waals surface area contributed by atoms with Crippen molar-refractivity contribution in [3.8, 4) is 0 Å². The van der Waals surface area contributed by atoms with Crippen molar-refractivity contribution in [1.29, 1.82) is 0 Å². The fraction of sp³-hybridized carbons (Fsp3) is 0.538. The maximum atomic E-state index is 11.9. The largest absolute Gasteiger partial charge is 0.383 e. The summed E-state index contributed by atoms with van der Waals surface area (Å²) in [4.78, 5) is 16.0. The van der Waals surface area contributed by atoms with E-state index in [1.165, 1.54) is 0 Å². The number of amides is 1. The van der Waals surface area contributed by atoms with Gasteiger partial charge in [0.25, 0.3) is 5.91 Å². The highest BCUT2D eigenvalue weighted by atomic mass is 16.5. The number of aromatic nitrogens is 1. The molecule has 2 N–H and O–H groups in total. The van der Waals surface area contributed by atoms with Gasteiger partial charge in [0.1, 0.15) is 0 Å². The molecule has 0 aliphatic rings. The van der Waals surface area contributed by atoms with Gasteiger partial charge in [0.2, 0.25) is 0 Å². The van der Waals surface area contributed by atoms with Gasteiger partial charge in [-0.2, -0.15) is 0 Å². The minimum atomic E-state index is -0.253. The topological polar surface area (TPSA) is 63.2 Å². The fourth-order valence-electron chi connectivity index (χ4n) is 1.37. The molecule has 100 valence electrons. The molecule has 1 amide bonds. The molecular formula is C13H21N3O2. The smallest absolute Gasteiger partial charge is 0.253 e. The number of methoxy groups -OCH3 is 1. The van der Waals surface area contributed by atoms with Crippen LogP contribution in [0, 0.1) is 0 Å². The molecule has 0 spiro atoms. The van der Waals surface area contributed by atoms with Crippen LogP contribution in [0.15, 0.2) is 18.5 Å². The molecule has 5 nitrogen and oxygen atoms in total. The monoisotopic (exact) mass is 251 g/mol. The van der Waals surface area contributed by atoms with Crippen molar-refractivity contribution in [2.24, 2.45) is 0 Å². The number of ether oxygens (including phenoxy) is 1. The maximum absolute atomic E-state index is 11.9. The van der Waals surface area contributed by atoms with E-state index in [4.69, 9.17) is 4.74 Å². The zero-order chi connectivity index (χ0) is 13.6. The van der Waals surface area contributed by atoms with Crippen LogP contribution in [0.4, 0.5) is 5.69 Å². The third kappa shape index (κ3) is 5.14. The van der Waals surface area contributed by atoms with Gasteiger partial charge in [0.15, 0.2) is 0 Å². The van der Waals surface area contributed by atoms with Crippen molar-refractivity contribution in [2.45, 2.75) is 26.3 Å². The summed E-state index contributed by atoms with van der Waals surface area (Å²) in [6, 6.07) is 1.78. The second kappa shape index (κ2) is 6.35. The molecular weight excluding hydrogens is 230 g/mol. The molecule has 0 radical (unpaired) electrons. The zero-order valence-corrected chi connectivity index (χ0v) is 11.4. The lowest BCUT2D eigenvalue weighted by Gasteiger charge is -2.20. The Morgan fingerprint density at radius 1 is 1.39 bits per heavy atom. The first-order valence-corrected chi connectivity index (χ1v) is 5.93. The zero-order valence-electron chi connectivity index (χ0n) is 11.4. The Bertz CT molecular complexity index is 399. The van der Waals surface area contributed by atoms with Crippen LogP contribution >= 0.6 is 0 Å². The SMILES string of the molecule is COCCNc1cncc(C(=O)NC(C)(C)C)c1. The van der Waals surface area contributed by atoms with E-state index in [1.54, 1.807) is 25.6 Å². The second-order valence-electron chi connectivity index (χ2n) is 5.09. The van der Waals surface area contributed by atoms with Crippen molar-refractivity contribution in [2.75, 3.05) is 25.6 Å². The van der Waals surface area contributed by atoms with E-state index in [2.05, 4.69) is 15.6 Å². The summed E-state index contributed by atoms with van der Waals surface area (Å²) < 4.78 is 4.94. The molecule has 0 saturated carbocycles. The predicted octanol–water partition coefficient (Wildman–Crippen LogP) is 1.67. The lowest BCUT2D eigenvalue weighted by Crippen LogP contribution is -2.40. The van der Waals surface area contributed by atoms with E-state index < -0.39 is 0 Å². The third-order valence-corrected chi connectivity index (χ3v) is 2.12. The number of pyridine rings is 1. The van der Waals surface area contributed by atoms with Crippen LogP contribution in [-0.2, 0) is 4.74 Å². The average Bonchev–Trinajstić information content (AvgIpc) is 2.27. The van der Waals surface area contributed by atoms with Crippen molar-refractivity contribution in [3.63, 3.8) is 0 Å². The number of rotatable bonds is 5. The van der Waals surface area contributed by atoms with E-state index in [0.717, 1.165) is 5.69 Å². The number of nitrogens with one attached hydrogen (secondary N) is 2. The van der Waals surface area contributed by atoms with Crippen LogP contribution in [-0.4, -0.2) is 36.7 Å². The Morgan fingerprint density at radius 2 is 2.11 bits per heavy atom. The van der Waals surface area contributed by atoms with Crippen molar-refractivity contribution in [3.05, 3.63) is 24.0 Å². The number of carbonyl (C=O) groups excluding carboxylic acids is 1. The van der Waals surface area contributed by atoms with Gasteiger partial charge in [-0.3, -0.25) is 9.78 Å². The molecule has 1 rings (SSSR count). The van der Waals surface area contributed by atoms with Gasteiger partial charge in [0, 0.05) is 31.6 Å². The van der Waals surface area contributed by atoms with Gasteiger partial charge in [-0.25, -0.2) is 0 Å². The van der Waals surface area contributed by atoms with Crippen molar-refractivity contribution >= 4 is 11.6 Å². The second-order valence-corrected chi connectivity index (χ2v) is 5.09. The summed E-state index contributed by atoms with van der Waals surface area (Å²) in [5.74, 6) is -0.120. The van der Waals surface area contributed by atoms with Crippen LogP contribution in [0.3, 0.4) is 0 Å². The number of carbonyl (C=O) groups is 1. The highest BCUT2D eigenvalue weighted by Crippen LogP contribution is 2.09. The molecule has 0 saturated heterocycles. The van der Waals surface area contributed by atoms with Crippen molar-refractivity contribution in [1.82, 2.24) is 10.3 Å². The van der Waals surface area contributed by atoms with Gasteiger partial charge in [-0.15, -0.1) is 0 Å². The van der Waals surface area contributed by atoms with Gasteiger partial charge in [0.05, 0.1) is 17.9 Å². The van der Waals surface area contributed by atoms with Gasteiger partial charge in [-0.1, -0.05) is 0 Å². The molecule has 0 aliphatic carbocycles. The minimum absolute atomic E-state index is 0.120. The van der Waals surface area contributed by atoms with Crippen LogP contribution < -0.4 is 10.6 Å². The van der Waals surface area contributed by atoms with Crippen LogP contribution in [0.1, 0.15) is 31.1 Å². The van der Waals surface area contributed by atoms with Gasteiger partial charge >= 0.3 is 0 Å². The summed E-state index contributed by atoms with van der Waals surface area (Å²) >= 11 is 0. The number of hydrogen-bond donors (Lipinski definition) is 2. The molecule has 0 aliphatic heterocycles. The third-order valence-electron chi connectivity index (χ3n) is 2.12. The predicted molar refractivity (Wildman–Crippen MR) is 71.8 cm³/mol. The van der Waals surface area contributed by atoms with E-state index in [1.807, 2.05) is 20.8 Å². The number of nitrogens with zero attached hydrogens (tertiary/aromatic N) is 1. The van der Waals surface area contributed by atoms with E-state index in [-0.39, 0.29) is 11.4 Å². The summed E-state index contributed by atoms with van der Waals surface area (Å²) in [5, 5.41) is 6.03. The molecule has 5 heteroatoms. The highest BCUT2D eigenvalue weighted by molar-refractivity contribution is 5.95. The van der Waals surface area contributed by atoms with Crippen LogP contribution in [0.5, 0.6) is 0 Å². The molecule has 0 atom stereocenters. The Labute approximate surface area is 108 Å². The molecule has 1 aromatic heterocycles. The average molecular weight is 251 g/mol. The Hall–Kier alpha value is -1.62. The first kappa shape index (κ1) is 14.4. The summed E-state index contributed by atoms with van der Waals surface area (Å²) in [7, 11) is 1.65. The fourth-order valence-corrected chi connectivity index (χ4v) is 1.37. The number of hydrogen-bond acceptors (Lipinski definition) is 4. The van der Waals surface area contributed by atoms with Crippen molar-refractivity contribution < 1.29 is 9.53 Å². The molecule has 1 heterocycles. The first-order valence-electron chi connectivity index (χ1n) is 5.93. The quantitative estimate of drug-likeness (QED) is 0.781. The Morgan fingerprint density at radius 3 is 2.72 bits per heavy atom. The Kier molecular flexibility index (Phi) is 5.09. The van der Waals surface area contributed by atoms with E-state index in [0.29, 0.717) is 18.7 Å². The van der Waals surface area contributed by atoms with Gasteiger partial charge < -0.3 is 15.4 Å². The molecule has 0 unspecified atom stereocenters. The summed E-state index contributed by atoms with van der Waals surface area (Å²) in [6.07, 6.45) is 3.24. The summed E-state index contributed by atoms with van der Waals surface area (Å²) in [5.41, 5.74) is 1.11. The molecule has 1 aromatic rings. The highest BCUT2D eigenvalue weighted by Gasteiger charge is 2.15. The van der Waals surface area contributed by atoms with Gasteiger partial charge in [-0.05, 0) is 26.8 Å². The lowest BCUT2D eigenvalue weighted by molar-refractivity contribution is 0.0919. The Balaban J connectivity index is 2.66. The van der Waals surface area contributed by atoms with E-state index >= 15 is 0 Å². The minimum Gasteiger partial charge on any atom is -0.383 e. The normalized spacial score (nSPS) is 11.1. The molecule has 18 heavy (non-hydrogen) atoms. The molecule has 0 fully saturated rings. The summed E-state index contributed by atoms with van der Waals surface area (Å²) in [6.45, 7) is 7.12. The standard InChI is InChI=1S/C13H21N3O2/c1-13(2,3)16-12(17)10-7-11(9-14-8-10)15-5-6-18-4/h7-9,15H,5-6H2,1-4H3,(H,16,17). The molecule has 0 bridgehead atoms. The molecule has 0 aromatic carbocycles. The first-order chi connectivity index (χ1) is 8.42. The van der Waals surface area contributed by atoms with E-state index in [9.17, 15) is 4.79 Å². The van der Waals surface area contributed by atoms with Crippen LogP contribution in [0.2, 0.25) is 0 Å². The lowest BCUT2D eigenvalue weighted by atomic mass is 10.1. The van der Waals surface area contributed by atoms with Crippen LogP contribution in [0.25, 0.3) is 0 Å².